The molecule has 1 atom stereocenters. The summed E-state index contributed by atoms with van der Waals surface area (Å²) in [5.41, 5.74) is 3.26. The van der Waals surface area contributed by atoms with Gasteiger partial charge in [-0.3, -0.25) is 9.36 Å². The van der Waals surface area contributed by atoms with Gasteiger partial charge < -0.3 is 5.32 Å². The van der Waals surface area contributed by atoms with Crippen LogP contribution in [0.4, 0.5) is 14.5 Å². The number of sulfone groups is 1. The fourth-order valence-corrected chi connectivity index (χ4v) is 3.31. The predicted octanol–water partition coefficient (Wildman–Crippen LogP) is 2.18. The summed E-state index contributed by atoms with van der Waals surface area (Å²) in [6, 6.07) is -0.129. The Morgan fingerprint density at radius 2 is 2.00 bits per heavy atom. The van der Waals surface area contributed by atoms with Crippen LogP contribution in [-0.4, -0.2) is 46.4 Å². The van der Waals surface area contributed by atoms with E-state index in [1.165, 1.54) is 23.3 Å². The number of anilines is 1. The van der Waals surface area contributed by atoms with Gasteiger partial charge in [0.15, 0.2) is 0 Å². The van der Waals surface area contributed by atoms with Crippen LogP contribution in [0.5, 0.6) is 0 Å². The van der Waals surface area contributed by atoms with Crippen LogP contribution in [0.1, 0.15) is 29.9 Å². The van der Waals surface area contributed by atoms with Crippen molar-refractivity contribution in [3.63, 3.8) is 0 Å². The second kappa shape index (κ2) is 7.51. The van der Waals surface area contributed by atoms with Crippen molar-refractivity contribution in [2.75, 3.05) is 17.3 Å². The minimum Gasteiger partial charge on any atom is -0.376 e. The van der Waals surface area contributed by atoms with Crippen molar-refractivity contribution >= 4 is 15.5 Å². The number of halogens is 2. The molecule has 2 aromatic heterocycles. The number of nitrogens with one attached hydrogen (secondary N) is 1. The molecule has 0 saturated heterocycles. The van der Waals surface area contributed by atoms with Crippen LogP contribution in [0.3, 0.4) is 0 Å². The molecule has 0 aromatic carbocycles. The molecule has 0 spiro atoms. The number of aryl methyl sites for hydroxylation is 2. The highest BCUT2D eigenvalue weighted by Crippen LogP contribution is 2.25. The molecule has 1 unspecified atom stereocenters. The van der Waals surface area contributed by atoms with Gasteiger partial charge in [0.2, 0.25) is 0 Å². The topological polar surface area (TPSA) is 81.8 Å². The lowest BCUT2D eigenvalue weighted by Gasteiger charge is -2.15. The van der Waals surface area contributed by atoms with Crippen LogP contribution in [0.15, 0.2) is 12.4 Å². The first-order valence-electron chi connectivity index (χ1n) is 7.85. The van der Waals surface area contributed by atoms with E-state index >= 15 is 0 Å². The Morgan fingerprint density at radius 1 is 1.32 bits per heavy atom. The van der Waals surface area contributed by atoms with Gasteiger partial charge in [0.1, 0.15) is 16.4 Å². The second-order valence-electron chi connectivity index (χ2n) is 6.15. The van der Waals surface area contributed by atoms with Crippen molar-refractivity contribution in [2.24, 2.45) is 0 Å². The molecule has 140 valence electrons. The third-order valence-corrected chi connectivity index (χ3v) is 4.81. The van der Waals surface area contributed by atoms with Crippen LogP contribution < -0.4 is 5.32 Å². The summed E-state index contributed by atoms with van der Waals surface area (Å²) >= 11 is 0. The number of aromatic nitrogens is 4. The molecule has 0 amide bonds. The molecule has 0 bridgehead atoms. The molecule has 0 saturated carbocycles. The highest BCUT2D eigenvalue weighted by Gasteiger charge is 2.19. The molecule has 25 heavy (non-hydrogen) atoms. The van der Waals surface area contributed by atoms with Crippen molar-refractivity contribution in [2.45, 2.75) is 46.3 Å². The first-order chi connectivity index (χ1) is 11.6. The maximum absolute atomic E-state index is 12.4. The molecule has 0 aliphatic carbocycles. The number of hydrogen-bond donors (Lipinski definition) is 1. The van der Waals surface area contributed by atoms with E-state index in [-0.39, 0.29) is 11.8 Å². The Balaban J connectivity index is 2.12. The van der Waals surface area contributed by atoms with Gasteiger partial charge in [-0.1, -0.05) is 0 Å². The van der Waals surface area contributed by atoms with Gasteiger partial charge in [0.05, 0.1) is 35.9 Å². The van der Waals surface area contributed by atoms with E-state index in [1.807, 2.05) is 20.8 Å². The van der Waals surface area contributed by atoms with Gasteiger partial charge in [-0.15, -0.1) is 0 Å². The minimum absolute atomic E-state index is 0.0244. The van der Waals surface area contributed by atoms with Crippen LogP contribution in [0, 0.1) is 13.8 Å². The van der Waals surface area contributed by atoms with Crippen LogP contribution in [0.2, 0.25) is 0 Å². The van der Waals surface area contributed by atoms with E-state index in [4.69, 9.17) is 0 Å². The maximum Gasteiger partial charge on any atom is 0.257 e. The maximum atomic E-state index is 12.4. The normalized spacial score (nSPS) is 13.4. The summed E-state index contributed by atoms with van der Waals surface area (Å²) < 4.78 is 50.3. The third kappa shape index (κ3) is 5.25. The van der Waals surface area contributed by atoms with Gasteiger partial charge in [0.25, 0.3) is 6.43 Å². The summed E-state index contributed by atoms with van der Waals surface area (Å²) in [4.78, 5) is 0. The zero-order valence-corrected chi connectivity index (χ0v) is 15.5. The Bertz CT molecular complexity index is 829. The standard InChI is InChI=1S/C15H23F2N5O2S/c1-10(19-13-7-18-21(8-13)9-14(16)17)15-11(2)20-22(12(15)3)5-6-25(4,23)24/h7-8,10,14,19H,5-6,9H2,1-4H3. The average Bonchev–Trinajstić information content (AvgIpc) is 2.99. The van der Waals surface area contributed by atoms with Crippen molar-refractivity contribution in [1.29, 1.82) is 0 Å². The lowest BCUT2D eigenvalue weighted by Crippen LogP contribution is -2.14. The molecule has 0 aliphatic heterocycles. The van der Waals surface area contributed by atoms with Crippen LogP contribution in [-0.2, 0) is 22.9 Å². The molecule has 10 heteroatoms. The fraction of sp³-hybridized carbons (Fsp3) is 0.600. The van der Waals surface area contributed by atoms with Gasteiger partial charge in [-0.2, -0.15) is 10.2 Å². The Hall–Kier alpha value is -1.97. The summed E-state index contributed by atoms with van der Waals surface area (Å²) in [5.74, 6) is 0.0244. The van der Waals surface area contributed by atoms with E-state index < -0.39 is 22.8 Å². The quantitative estimate of drug-likeness (QED) is 0.765. The van der Waals surface area contributed by atoms with Crippen molar-refractivity contribution in [1.82, 2.24) is 19.6 Å². The number of alkyl halides is 2. The van der Waals surface area contributed by atoms with Gasteiger partial charge in [-0.25, -0.2) is 17.2 Å². The zero-order chi connectivity index (χ0) is 18.8. The van der Waals surface area contributed by atoms with Gasteiger partial charge in [0, 0.05) is 23.7 Å². The van der Waals surface area contributed by atoms with E-state index in [9.17, 15) is 17.2 Å². The Morgan fingerprint density at radius 3 is 2.60 bits per heavy atom. The summed E-state index contributed by atoms with van der Waals surface area (Å²) in [6.45, 7) is 5.53. The summed E-state index contributed by atoms with van der Waals surface area (Å²) in [5, 5.41) is 11.5. The molecule has 2 rings (SSSR count). The largest absolute Gasteiger partial charge is 0.376 e. The van der Waals surface area contributed by atoms with E-state index in [2.05, 4.69) is 15.5 Å². The van der Waals surface area contributed by atoms with E-state index in [0.29, 0.717) is 12.2 Å². The third-order valence-electron chi connectivity index (χ3n) is 3.89. The molecule has 0 aliphatic rings. The molecule has 0 fully saturated rings. The van der Waals surface area contributed by atoms with Gasteiger partial charge in [-0.05, 0) is 20.8 Å². The zero-order valence-electron chi connectivity index (χ0n) is 14.7. The summed E-state index contributed by atoms with van der Waals surface area (Å²) in [6.07, 6.45) is 1.77. The molecule has 2 aromatic rings. The highest BCUT2D eigenvalue weighted by atomic mass is 32.2. The molecule has 0 radical (unpaired) electrons. The minimum atomic E-state index is -3.07. The number of hydrogen-bond acceptors (Lipinski definition) is 5. The average molecular weight is 375 g/mol. The SMILES string of the molecule is Cc1nn(CCS(C)(=O)=O)c(C)c1C(C)Nc1cnn(CC(F)F)c1. The molecule has 2 heterocycles. The van der Waals surface area contributed by atoms with E-state index in [0.717, 1.165) is 17.0 Å². The van der Waals surface area contributed by atoms with Crippen molar-refractivity contribution in [3.05, 3.63) is 29.3 Å². The van der Waals surface area contributed by atoms with Crippen LogP contribution >= 0.6 is 0 Å². The Kier molecular flexibility index (Phi) is 5.81. The molecular weight excluding hydrogens is 352 g/mol. The van der Waals surface area contributed by atoms with E-state index in [1.54, 1.807) is 4.68 Å². The second-order valence-corrected chi connectivity index (χ2v) is 8.41. The fourth-order valence-electron chi connectivity index (χ4n) is 2.81. The molecule has 1 N–H and O–H groups in total. The number of nitrogens with zero attached hydrogens (tertiary/aromatic N) is 4. The Labute approximate surface area is 145 Å². The molecular formula is C15H23F2N5O2S. The van der Waals surface area contributed by atoms with Crippen molar-refractivity contribution in [3.8, 4) is 0 Å². The first-order valence-corrected chi connectivity index (χ1v) is 9.91. The monoisotopic (exact) mass is 375 g/mol. The lowest BCUT2D eigenvalue weighted by molar-refractivity contribution is 0.122. The van der Waals surface area contributed by atoms with Crippen LogP contribution in [0.25, 0.3) is 0 Å². The predicted molar refractivity (Wildman–Crippen MR) is 91.7 cm³/mol. The van der Waals surface area contributed by atoms with Gasteiger partial charge >= 0.3 is 0 Å². The smallest absolute Gasteiger partial charge is 0.257 e. The number of rotatable bonds is 8. The molecule has 7 nitrogen and oxygen atoms in total. The first kappa shape index (κ1) is 19.4. The van der Waals surface area contributed by atoms with Crippen molar-refractivity contribution < 1.29 is 17.2 Å². The lowest BCUT2D eigenvalue weighted by atomic mass is 10.1. The summed E-state index contributed by atoms with van der Waals surface area (Å²) in [7, 11) is -3.07. The highest BCUT2D eigenvalue weighted by molar-refractivity contribution is 7.90.